The molecule has 0 aliphatic carbocycles. The third-order valence-corrected chi connectivity index (χ3v) is 4.81. The van der Waals surface area contributed by atoms with Crippen molar-refractivity contribution < 1.29 is 9.32 Å². The van der Waals surface area contributed by atoms with Gasteiger partial charge in [-0.05, 0) is 43.5 Å². The number of aromatic nitrogens is 3. The molecule has 1 aliphatic rings. The Hall–Kier alpha value is -3.02. The zero-order chi connectivity index (χ0) is 18.1. The fraction of sp³-hybridized carbons (Fsp3) is 0.300. The molecule has 1 aliphatic heterocycles. The Kier molecular flexibility index (Phi) is 4.24. The molecule has 0 saturated carbocycles. The van der Waals surface area contributed by atoms with Gasteiger partial charge >= 0.3 is 0 Å². The van der Waals surface area contributed by atoms with Crippen LogP contribution in [-0.2, 0) is 11.3 Å². The monoisotopic (exact) mass is 348 g/mol. The summed E-state index contributed by atoms with van der Waals surface area (Å²) < 4.78 is 5.49. The van der Waals surface area contributed by atoms with Gasteiger partial charge in [-0.25, -0.2) is 0 Å². The number of carbonyl (C=O) groups excluding carboxylic acids is 1. The normalized spacial score (nSPS) is 17.1. The lowest BCUT2D eigenvalue weighted by atomic mass is 10.0. The fourth-order valence-corrected chi connectivity index (χ4v) is 3.38. The van der Waals surface area contributed by atoms with Crippen molar-refractivity contribution in [3.8, 4) is 11.4 Å². The van der Waals surface area contributed by atoms with E-state index in [0.717, 1.165) is 11.1 Å². The van der Waals surface area contributed by atoms with Crippen molar-refractivity contribution in [1.29, 1.82) is 0 Å². The highest BCUT2D eigenvalue weighted by Crippen LogP contribution is 2.34. The molecule has 4 rings (SSSR count). The first-order valence-corrected chi connectivity index (χ1v) is 8.71. The number of hydrogen-bond donors (Lipinski definition) is 0. The van der Waals surface area contributed by atoms with Gasteiger partial charge in [0.15, 0.2) is 0 Å². The van der Waals surface area contributed by atoms with E-state index in [1.165, 1.54) is 11.1 Å². The summed E-state index contributed by atoms with van der Waals surface area (Å²) in [6, 6.07) is 9.83. The third kappa shape index (κ3) is 3.10. The lowest BCUT2D eigenvalue weighted by molar-refractivity contribution is -0.130. The van der Waals surface area contributed by atoms with Gasteiger partial charge in [-0.1, -0.05) is 28.9 Å². The molecule has 1 amide bonds. The summed E-state index contributed by atoms with van der Waals surface area (Å²) in [7, 11) is 0. The number of aryl methyl sites for hydroxylation is 2. The molecule has 1 aromatic carbocycles. The maximum Gasteiger partial charge on any atom is 0.249 e. The molecule has 2 aromatic heterocycles. The Morgan fingerprint density at radius 3 is 2.92 bits per heavy atom. The average Bonchev–Trinajstić information content (AvgIpc) is 3.26. The zero-order valence-corrected chi connectivity index (χ0v) is 14.8. The first-order valence-electron chi connectivity index (χ1n) is 8.71. The lowest BCUT2D eigenvalue weighted by Gasteiger charge is -2.23. The Morgan fingerprint density at radius 2 is 2.15 bits per heavy atom. The predicted molar refractivity (Wildman–Crippen MR) is 96.0 cm³/mol. The molecule has 132 valence electrons. The molecule has 6 heteroatoms. The molecule has 1 saturated heterocycles. The number of nitrogens with zero attached hydrogens (tertiary/aromatic N) is 4. The van der Waals surface area contributed by atoms with E-state index >= 15 is 0 Å². The molecule has 26 heavy (non-hydrogen) atoms. The van der Waals surface area contributed by atoms with Crippen LogP contribution in [0, 0.1) is 13.8 Å². The highest BCUT2D eigenvalue weighted by atomic mass is 16.5. The lowest BCUT2D eigenvalue weighted by Crippen LogP contribution is -2.27. The Morgan fingerprint density at radius 1 is 1.27 bits per heavy atom. The second-order valence-electron chi connectivity index (χ2n) is 6.70. The zero-order valence-electron chi connectivity index (χ0n) is 14.8. The van der Waals surface area contributed by atoms with Gasteiger partial charge in [-0.2, -0.15) is 4.98 Å². The highest BCUT2D eigenvalue weighted by Gasteiger charge is 2.36. The van der Waals surface area contributed by atoms with E-state index in [9.17, 15) is 4.79 Å². The van der Waals surface area contributed by atoms with E-state index in [1.54, 1.807) is 12.4 Å². The van der Waals surface area contributed by atoms with E-state index in [4.69, 9.17) is 4.52 Å². The first-order chi connectivity index (χ1) is 12.6. The SMILES string of the molecule is Cc1ccc(CN2C(=O)CCC2c2nc(-c3cccnc3)no2)c(C)c1. The third-order valence-electron chi connectivity index (χ3n) is 4.81. The van der Waals surface area contributed by atoms with Gasteiger partial charge in [0.1, 0.15) is 6.04 Å². The first kappa shape index (κ1) is 16.4. The van der Waals surface area contributed by atoms with E-state index in [-0.39, 0.29) is 11.9 Å². The second kappa shape index (κ2) is 6.71. The van der Waals surface area contributed by atoms with Gasteiger partial charge in [-0.3, -0.25) is 9.78 Å². The van der Waals surface area contributed by atoms with Gasteiger partial charge in [0.2, 0.25) is 17.6 Å². The van der Waals surface area contributed by atoms with Crippen molar-refractivity contribution in [3.63, 3.8) is 0 Å². The van der Waals surface area contributed by atoms with Crippen molar-refractivity contribution in [2.45, 2.75) is 39.3 Å². The number of pyridine rings is 1. The van der Waals surface area contributed by atoms with E-state index in [2.05, 4.69) is 47.2 Å². The van der Waals surface area contributed by atoms with Crippen LogP contribution in [-0.4, -0.2) is 25.9 Å². The van der Waals surface area contributed by atoms with Gasteiger partial charge < -0.3 is 9.42 Å². The van der Waals surface area contributed by atoms with Crippen LogP contribution in [0.5, 0.6) is 0 Å². The number of likely N-dealkylation sites (tertiary alicyclic amines) is 1. The standard InChI is InChI=1S/C20H20N4O2/c1-13-5-6-16(14(2)10-13)12-24-17(7-8-18(24)25)20-22-19(23-26-20)15-4-3-9-21-11-15/h3-6,9-11,17H,7-8,12H2,1-2H3. The Labute approximate surface area is 151 Å². The minimum absolute atomic E-state index is 0.121. The quantitative estimate of drug-likeness (QED) is 0.720. The largest absolute Gasteiger partial charge is 0.337 e. The molecule has 1 fully saturated rings. The highest BCUT2D eigenvalue weighted by molar-refractivity contribution is 5.79. The van der Waals surface area contributed by atoms with E-state index < -0.39 is 0 Å². The van der Waals surface area contributed by atoms with Crippen molar-refractivity contribution in [2.75, 3.05) is 0 Å². The molecule has 6 nitrogen and oxygen atoms in total. The van der Waals surface area contributed by atoms with Gasteiger partial charge in [0.05, 0.1) is 0 Å². The summed E-state index contributed by atoms with van der Waals surface area (Å²) in [6.45, 7) is 4.70. The molecule has 0 radical (unpaired) electrons. The average molecular weight is 348 g/mol. The van der Waals surface area contributed by atoms with Gasteiger partial charge in [-0.15, -0.1) is 0 Å². The van der Waals surface area contributed by atoms with Gasteiger partial charge in [0.25, 0.3) is 0 Å². The molecule has 3 aromatic rings. The van der Waals surface area contributed by atoms with Crippen LogP contribution >= 0.6 is 0 Å². The molecule has 0 N–H and O–H groups in total. The summed E-state index contributed by atoms with van der Waals surface area (Å²) in [4.78, 5) is 22.9. The molecular weight excluding hydrogens is 328 g/mol. The van der Waals surface area contributed by atoms with Crippen molar-refractivity contribution in [2.24, 2.45) is 0 Å². The smallest absolute Gasteiger partial charge is 0.249 e. The molecular formula is C20H20N4O2. The number of amides is 1. The number of benzene rings is 1. The van der Waals surface area contributed by atoms with Crippen LogP contribution in [0.4, 0.5) is 0 Å². The maximum absolute atomic E-state index is 12.4. The van der Waals surface area contributed by atoms with Crippen LogP contribution in [0.15, 0.2) is 47.2 Å². The van der Waals surface area contributed by atoms with Gasteiger partial charge in [0, 0.05) is 30.9 Å². The fourth-order valence-electron chi connectivity index (χ4n) is 3.38. The molecule has 1 unspecified atom stereocenters. The molecule has 1 atom stereocenters. The summed E-state index contributed by atoms with van der Waals surface area (Å²) in [6.07, 6.45) is 4.59. The van der Waals surface area contributed by atoms with E-state index in [0.29, 0.717) is 31.1 Å². The molecule has 0 bridgehead atoms. The van der Waals surface area contributed by atoms with Crippen LogP contribution in [0.1, 0.15) is 41.5 Å². The second-order valence-corrected chi connectivity index (χ2v) is 6.70. The number of rotatable bonds is 4. The van der Waals surface area contributed by atoms with Crippen molar-refractivity contribution in [3.05, 3.63) is 65.3 Å². The Bertz CT molecular complexity index is 936. The summed E-state index contributed by atoms with van der Waals surface area (Å²) in [5.41, 5.74) is 4.34. The summed E-state index contributed by atoms with van der Waals surface area (Å²) >= 11 is 0. The summed E-state index contributed by atoms with van der Waals surface area (Å²) in [5, 5.41) is 4.06. The Balaban J connectivity index is 1.59. The van der Waals surface area contributed by atoms with Crippen LogP contribution in [0.3, 0.4) is 0 Å². The van der Waals surface area contributed by atoms with Crippen LogP contribution in [0.25, 0.3) is 11.4 Å². The van der Waals surface area contributed by atoms with Crippen LogP contribution < -0.4 is 0 Å². The molecule has 3 heterocycles. The summed E-state index contributed by atoms with van der Waals surface area (Å²) in [5.74, 6) is 1.11. The van der Waals surface area contributed by atoms with Crippen molar-refractivity contribution in [1.82, 2.24) is 20.0 Å². The molecule has 0 spiro atoms. The number of hydrogen-bond acceptors (Lipinski definition) is 5. The minimum atomic E-state index is -0.180. The van der Waals surface area contributed by atoms with Crippen molar-refractivity contribution >= 4 is 5.91 Å². The topological polar surface area (TPSA) is 72.1 Å². The van der Waals surface area contributed by atoms with E-state index in [1.807, 2.05) is 17.0 Å². The number of carbonyl (C=O) groups is 1. The van der Waals surface area contributed by atoms with Crippen LogP contribution in [0.2, 0.25) is 0 Å². The predicted octanol–water partition coefficient (Wildman–Crippen LogP) is 3.61. The minimum Gasteiger partial charge on any atom is -0.337 e. The maximum atomic E-state index is 12.4.